The van der Waals surface area contributed by atoms with Gasteiger partial charge in [0.2, 0.25) is 5.70 Å². The lowest BCUT2D eigenvalue weighted by Gasteiger charge is -1.97. The molecule has 0 N–H and O–H groups in total. The van der Waals surface area contributed by atoms with E-state index in [1.54, 1.807) is 0 Å². The molecule has 0 unspecified atom stereocenters. The van der Waals surface area contributed by atoms with Crippen LogP contribution in [0.4, 0.5) is 10.1 Å². The summed E-state index contributed by atoms with van der Waals surface area (Å²) in [4.78, 5) is 19.4. The van der Waals surface area contributed by atoms with E-state index in [0.29, 0.717) is 0 Å². The van der Waals surface area contributed by atoms with E-state index in [1.165, 1.54) is 6.92 Å². The van der Waals surface area contributed by atoms with E-state index in [2.05, 4.69) is 0 Å². The Labute approximate surface area is 89.3 Å². The molecule has 0 spiro atoms. The number of benzene rings is 1. The van der Waals surface area contributed by atoms with Crippen molar-refractivity contribution in [2.45, 2.75) is 6.92 Å². The first-order chi connectivity index (χ1) is 7.41. The number of halogens is 1. The molecule has 1 rings (SSSR count). The topological polar surface area (TPSA) is 86.3 Å². The van der Waals surface area contributed by atoms with Crippen LogP contribution in [0.2, 0.25) is 0 Å². The predicted octanol–water partition coefficient (Wildman–Crippen LogP) is 2.37. The number of allylic oxidation sites excluding steroid dienone is 1. The fourth-order valence-electron chi connectivity index (χ4n) is 1.07. The maximum absolute atomic E-state index is 12.7. The zero-order chi connectivity index (χ0) is 12.3. The first-order valence-corrected chi connectivity index (χ1v) is 4.18. The number of hydrogen-bond donors (Lipinski definition) is 0. The second-order valence-corrected chi connectivity index (χ2v) is 3.00. The van der Waals surface area contributed by atoms with Crippen LogP contribution < -0.4 is 0 Å². The fourth-order valence-corrected chi connectivity index (χ4v) is 1.07. The highest BCUT2D eigenvalue weighted by Gasteiger charge is 2.15. The van der Waals surface area contributed by atoms with Crippen LogP contribution in [-0.4, -0.2) is 9.85 Å². The van der Waals surface area contributed by atoms with Gasteiger partial charge in [0.1, 0.15) is 5.82 Å². The maximum atomic E-state index is 12.7. The summed E-state index contributed by atoms with van der Waals surface area (Å²) < 4.78 is 12.7. The van der Waals surface area contributed by atoms with Crippen molar-refractivity contribution in [1.29, 1.82) is 0 Å². The third-order valence-corrected chi connectivity index (χ3v) is 1.84. The van der Waals surface area contributed by atoms with Crippen LogP contribution >= 0.6 is 0 Å². The first kappa shape index (κ1) is 11.8. The van der Waals surface area contributed by atoms with Gasteiger partial charge in [-0.25, -0.2) is 4.39 Å². The van der Waals surface area contributed by atoms with Gasteiger partial charge in [0.05, 0.1) is 21.5 Å². The molecule has 0 fully saturated rings. The molecule has 7 heteroatoms. The third-order valence-electron chi connectivity index (χ3n) is 1.84. The van der Waals surface area contributed by atoms with Crippen molar-refractivity contribution in [1.82, 2.24) is 0 Å². The summed E-state index contributed by atoms with van der Waals surface area (Å²) in [6.45, 7) is 1.20. The molecule has 0 saturated carbocycles. The lowest BCUT2D eigenvalue weighted by molar-refractivity contribution is -0.422. The van der Waals surface area contributed by atoms with Crippen molar-refractivity contribution in [3.63, 3.8) is 0 Å². The number of hydrogen-bond acceptors (Lipinski definition) is 4. The predicted molar refractivity (Wildman–Crippen MR) is 53.7 cm³/mol. The quantitative estimate of drug-likeness (QED) is 0.584. The Morgan fingerprint density at radius 3 is 2.50 bits per heavy atom. The van der Waals surface area contributed by atoms with Gasteiger partial charge in [-0.2, -0.15) is 0 Å². The van der Waals surface area contributed by atoms with Crippen LogP contribution in [-0.2, 0) is 0 Å². The molecule has 0 aliphatic rings. The van der Waals surface area contributed by atoms with E-state index >= 15 is 0 Å². The minimum atomic E-state index is -0.790. The summed E-state index contributed by atoms with van der Waals surface area (Å²) in [6, 6.07) is 2.85. The summed E-state index contributed by atoms with van der Waals surface area (Å²) in [5.41, 5.74) is -0.753. The van der Waals surface area contributed by atoms with Gasteiger partial charge in [-0.15, -0.1) is 0 Å². The van der Waals surface area contributed by atoms with Gasteiger partial charge in [0.15, 0.2) is 0 Å². The molecule has 0 amide bonds. The Balaban J connectivity index is 3.29. The molecular weight excluding hydrogens is 219 g/mol. The maximum Gasteiger partial charge on any atom is 0.279 e. The van der Waals surface area contributed by atoms with Gasteiger partial charge in [-0.1, -0.05) is 0 Å². The zero-order valence-corrected chi connectivity index (χ0v) is 8.21. The number of nitro benzene ring substituents is 1. The second-order valence-electron chi connectivity index (χ2n) is 3.00. The molecule has 0 atom stereocenters. The summed E-state index contributed by atoms with van der Waals surface area (Å²) in [5.74, 6) is -0.761. The van der Waals surface area contributed by atoms with E-state index < -0.39 is 21.4 Å². The molecule has 16 heavy (non-hydrogen) atoms. The van der Waals surface area contributed by atoms with Crippen molar-refractivity contribution in [3.05, 3.63) is 55.5 Å². The van der Waals surface area contributed by atoms with Crippen LogP contribution in [0.1, 0.15) is 12.5 Å². The van der Waals surface area contributed by atoms with E-state index in [4.69, 9.17) is 0 Å². The lowest BCUT2D eigenvalue weighted by atomic mass is 10.1. The van der Waals surface area contributed by atoms with Crippen LogP contribution in [0.25, 0.3) is 6.08 Å². The van der Waals surface area contributed by atoms with Crippen LogP contribution in [0.3, 0.4) is 0 Å². The van der Waals surface area contributed by atoms with Crippen LogP contribution in [0, 0.1) is 26.0 Å². The first-order valence-electron chi connectivity index (χ1n) is 4.18. The number of rotatable bonds is 3. The van der Waals surface area contributed by atoms with Crippen molar-refractivity contribution < 1.29 is 14.2 Å². The molecule has 1 aromatic carbocycles. The third kappa shape index (κ3) is 2.59. The van der Waals surface area contributed by atoms with Crippen molar-refractivity contribution in [2.24, 2.45) is 0 Å². The Hall–Kier alpha value is -2.31. The van der Waals surface area contributed by atoms with Crippen molar-refractivity contribution in [2.75, 3.05) is 0 Å². The van der Waals surface area contributed by atoms with Gasteiger partial charge < -0.3 is 0 Å². The van der Waals surface area contributed by atoms with Gasteiger partial charge >= 0.3 is 0 Å². The SMILES string of the molecule is CC(=Cc1ccc(F)cc1[N+](=O)[O-])[N+](=O)[O-]. The number of nitro groups is 2. The van der Waals surface area contributed by atoms with Gasteiger partial charge in [0.25, 0.3) is 5.69 Å². The minimum Gasteiger partial charge on any atom is -0.259 e. The van der Waals surface area contributed by atoms with E-state index in [0.717, 1.165) is 24.3 Å². The minimum absolute atomic E-state index is 0.000556. The Kier molecular flexibility index (Phi) is 3.29. The Bertz CT molecular complexity index is 484. The molecule has 6 nitrogen and oxygen atoms in total. The molecule has 0 bridgehead atoms. The lowest BCUT2D eigenvalue weighted by Crippen LogP contribution is -1.96. The molecule has 84 valence electrons. The average molecular weight is 226 g/mol. The molecule has 0 heterocycles. The highest BCUT2D eigenvalue weighted by molar-refractivity contribution is 5.61. The number of nitrogens with zero attached hydrogens (tertiary/aromatic N) is 2. The van der Waals surface area contributed by atoms with Gasteiger partial charge in [0, 0.05) is 13.0 Å². The van der Waals surface area contributed by atoms with E-state index in [-0.39, 0.29) is 11.3 Å². The summed E-state index contributed by atoms with van der Waals surface area (Å²) in [7, 11) is 0. The summed E-state index contributed by atoms with van der Waals surface area (Å²) in [6.07, 6.45) is 1.03. The molecule has 0 aliphatic heterocycles. The monoisotopic (exact) mass is 226 g/mol. The highest BCUT2D eigenvalue weighted by atomic mass is 19.1. The molecule has 0 aromatic heterocycles. The molecular formula is C9H7FN2O4. The second kappa shape index (κ2) is 4.47. The Morgan fingerprint density at radius 2 is 2.00 bits per heavy atom. The van der Waals surface area contributed by atoms with Crippen LogP contribution in [0.15, 0.2) is 23.9 Å². The highest BCUT2D eigenvalue weighted by Crippen LogP contribution is 2.22. The summed E-state index contributed by atoms with van der Waals surface area (Å²) in [5, 5.41) is 20.9. The Morgan fingerprint density at radius 1 is 1.38 bits per heavy atom. The fraction of sp³-hybridized carbons (Fsp3) is 0.111. The average Bonchev–Trinajstić information content (AvgIpc) is 2.20. The van der Waals surface area contributed by atoms with Crippen LogP contribution in [0.5, 0.6) is 0 Å². The van der Waals surface area contributed by atoms with Gasteiger partial charge in [-0.3, -0.25) is 20.2 Å². The standard InChI is InChI=1S/C9H7FN2O4/c1-6(11(13)14)4-7-2-3-8(10)5-9(7)12(15)16/h2-5H,1H3. The van der Waals surface area contributed by atoms with Crippen molar-refractivity contribution in [3.8, 4) is 0 Å². The normalized spacial score (nSPS) is 11.2. The molecule has 0 radical (unpaired) electrons. The molecule has 0 saturated heterocycles. The molecule has 0 aliphatic carbocycles. The van der Waals surface area contributed by atoms with Crippen molar-refractivity contribution >= 4 is 11.8 Å². The van der Waals surface area contributed by atoms with E-state index in [9.17, 15) is 24.6 Å². The molecule has 1 aromatic rings. The van der Waals surface area contributed by atoms with Gasteiger partial charge in [-0.05, 0) is 12.1 Å². The summed E-state index contributed by atoms with van der Waals surface area (Å²) >= 11 is 0. The van der Waals surface area contributed by atoms with E-state index in [1.807, 2.05) is 0 Å². The smallest absolute Gasteiger partial charge is 0.259 e. The largest absolute Gasteiger partial charge is 0.279 e. The zero-order valence-electron chi connectivity index (χ0n) is 8.21.